The van der Waals surface area contributed by atoms with Gasteiger partial charge in [-0.1, -0.05) is 13.8 Å². The Morgan fingerprint density at radius 1 is 1.11 bits per heavy atom. The van der Waals surface area contributed by atoms with Gasteiger partial charge in [-0.15, -0.1) is 0 Å². The molecule has 0 aliphatic carbocycles. The molecular formula is C7H16BF5N2O3. The van der Waals surface area contributed by atoms with E-state index in [1.807, 2.05) is 7.05 Å². The van der Waals surface area contributed by atoms with Crippen LogP contribution in [0.4, 0.5) is 22.0 Å². The highest BCUT2D eigenvalue weighted by molar-refractivity contribution is 6.32. The summed E-state index contributed by atoms with van der Waals surface area (Å²) in [7, 11) is -1.22. The molecule has 0 fully saturated rings. The van der Waals surface area contributed by atoms with Crippen LogP contribution >= 0.6 is 0 Å². The average molecular weight is 282 g/mol. The molecule has 11 heteroatoms. The van der Waals surface area contributed by atoms with Crippen LogP contribution in [0.25, 0.3) is 0 Å². The van der Waals surface area contributed by atoms with Gasteiger partial charge in [0.25, 0.3) is 0 Å². The molecule has 0 aliphatic rings. The summed E-state index contributed by atoms with van der Waals surface area (Å²) in [4.78, 5) is 0. The third-order valence-corrected chi connectivity index (χ3v) is 1.66. The molecule has 0 aromatic carbocycles. The van der Waals surface area contributed by atoms with Crippen LogP contribution in [0.1, 0.15) is 13.8 Å². The van der Waals surface area contributed by atoms with Crippen molar-refractivity contribution in [3.63, 3.8) is 0 Å². The lowest BCUT2D eigenvalue weighted by atomic mass is 10.2. The van der Waals surface area contributed by atoms with E-state index in [0.717, 1.165) is 13.1 Å². The fourth-order valence-corrected chi connectivity index (χ4v) is 0.739. The molecule has 0 saturated heterocycles. The second-order valence-electron chi connectivity index (χ2n) is 2.85. The lowest BCUT2D eigenvalue weighted by molar-refractivity contribution is -0.369. The minimum atomic E-state index is -5.95. The predicted octanol–water partition coefficient (Wildman–Crippen LogP) is 0.590. The number of alkyl halides is 5. The number of hydrogen-bond acceptors (Lipinski definition) is 5. The first-order valence-electron chi connectivity index (χ1n) is 4.92. The smallest absolute Gasteiger partial charge is 0.402 e. The first-order valence-corrected chi connectivity index (χ1v) is 4.92. The monoisotopic (exact) mass is 282 g/mol. The summed E-state index contributed by atoms with van der Waals surface area (Å²) in [6.07, 6.45) is -11.5. The summed E-state index contributed by atoms with van der Waals surface area (Å²) in [5.41, 5.74) is 3.03. The lowest BCUT2D eigenvalue weighted by Gasteiger charge is -2.18. The van der Waals surface area contributed by atoms with Crippen molar-refractivity contribution in [2.24, 2.45) is 0 Å². The van der Waals surface area contributed by atoms with Gasteiger partial charge in [0, 0.05) is 13.1 Å². The van der Waals surface area contributed by atoms with Crippen LogP contribution in [0.2, 0.25) is 0 Å². The third-order valence-electron chi connectivity index (χ3n) is 1.66. The Morgan fingerprint density at radius 3 is 1.56 bits per heavy atom. The summed E-state index contributed by atoms with van der Waals surface area (Å²) in [5, 5.41) is 17.3. The van der Waals surface area contributed by atoms with Crippen molar-refractivity contribution < 1.29 is 36.7 Å². The molecule has 110 valence electrons. The van der Waals surface area contributed by atoms with Gasteiger partial charge in [-0.05, 0) is 7.05 Å². The maximum atomic E-state index is 11.5. The minimum Gasteiger partial charge on any atom is -0.402 e. The van der Waals surface area contributed by atoms with Crippen LogP contribution in [0, 0.1) is 0 Å². The molecule has 3 N–H and O–H groups in total. The van der Waals surface area contributed by atoms with E-state index in [1.165, 1.54) is 0 Å². The van der Waals surface area contributed by atoms with E-state index in [2.05, 4.69) is 28.9 Å². The van der Waals surface area contributed by atoms with Gasteiger partial charge in [0.2, 0.25) is 0 Å². The summed E-state index contributed by atoms with van der Waals surface area (Å²) < 4.78 is 58.8. The van der Waals surface area contributed by atoms with E-state index >= 15 is 0 Å². The Kier molecular flexibility index (Phi) is 9.47. The minimum absolute atomic E-state index is 1.08. The van der Waals surface area contributed by atoms with Gasteiger partial charge in [0.1, 0.15) is 0 Å². The molecule has 5 nitrogen and oxygen atoms in total. The van der Waals surface area contributed by atoms with E-state index in [4.69, 9.17) is 10.0 Å². The molecule has 0 spiro atoms. The quantitative estimate of drug-likeness (QED) is 0.391. The van der Waals surface area contributed by atoms with Crippen molar-refractivity contribution in [3.8, 4) is 0 Å². The molecule has 18 heavy (non-hydrogen) atoms. The fraction of sp³-hybridized carbons (Fsp3) is 1.00. The molecule has 0 amide bonds. The first-order chi connectivity index (χ1) is 8.01. The standard InChI is InChI=1S/C5H14N2.C2H2BF5O3/c1-4-7(5-2)6-3;4-1(5,6)2(7,8)11-3(9)10/h6H,4-5H2,1-3H3;9-10H. The van der Waals surface area contributed by atoms with E-state index in [-0.39, 0.29) is 0 Å². The summed E-state index contributed by atoms with van der Waals surface area (Å²) in [5.74, 6) is 0. The largest absolute Gasteiger partial charge is 0.638 e. The van der Waals surface area contributed by atoms with Gasteiger partial charge in [0.05, 0.1) is 0 Å². The molecule has 0 unspecified atom stereocenters. The van der Waals surface area contributed by atoms with Crippen LogP contribution in [0.5, 0.6) is 0 Å². The predicted molar refractivity (Wildman–Crippen MR) is 54.3 cm³/mol. The molecular weight excluding hydrogens is 266 g/mol. The average Bonchev–Trinajstić information content (AvgIpc) is 2.17. The Balaban J connectivity index is 0. The summed E-state index contributed by atoms with van der Waals surface area (Å²) in [6, 6.07) is 0. The molecule has 0 aromatic rings. The SMILES string of the molecule is CCN(CC)NC.OB(O)OC(F)(F)C(F)(F)F. The molecule has 0 heterocycles. The van der Waals surface area contributed by atoms with Crippen LogP contribution in [0.15, 0.2) is 0 Å². The maximum absolute atomic E-state index is 11.5. The second-order valence-corrected chi connectivity index (χ2v) is 2.85. The zero-order valence-electron chi connectivity index (χ0n) is 10.1. The van der Waals surface area contributed by atoms with Crippen molar-refractivity contribution in [3.05, 3.63) is 0 Å². The zero-order chi connectivity index (χ0) is 15.0. The Hall–Kier alpha value is -0.485. The Bertz CT molecular complexity index is 208. The maximum Gasteiger partial charge on any atom is 0.638 e. The van der Waals surface area contributed by atoms with Crippen LogP contribution in [-0.4, -0.2) is 54.8 Å². The van der Waals surface area contributed by atoms with Gasteiger partial charge in [-0.25, -0.2) is 5.01 Å². The zero-order valence-corrected chi connectivity index (χ0v) is 10.1. The van der Waals surface area contributed by atoms with E-state index in [1.54, 1.807) is 0 Å². The number of hydrazine groups is 1. The summed E-state index contributed by atoms with van der Waals surface area (Å²) >= 11 is 0. The third kappa shape index (κ3) is 8.58. The van der Waals surface area contributed by atoms with E-state index in [9.17, 15) is 22.0 Å². The van der Waals surface area contributed by atoms with Crippen molar-refractivity contribution in [2.45, 2.75) is 26.1 Å². The van der Waals surface area contributed by atoms with Crippen molar-refractivity contribution >= 4 is 7.32 Å². The normalized spacial score (nSPS) is 12.2. The summed E-state index contributed by atoms with van der Waals surface area (Å²) in [6.45, 7) is 6.40. The van der Waals surface area contributed by atoms with Crippen LogP contribution < -0.4 is 5.43 Å². The van der Waals surface area contributed by atoms with Crippen LogP contribution in [0.3, 0.4) is 0 Å². The van der Waals surface area contributed by atoms with Crippen LogP contribution in [-0.2, 0) is 4.65 Å². The fourth-order valence-electron chi connectivity index (χ4n) is 0.739. The van der Waals surface area contributed by atoms with Gasteiger partial charge in [0.15, 0.2) is 0 Å². The molecule has 0 bridgehead atoms. The molecule has 0 saturated carbocycles. The van der Waals surface area contributed by atoms with Crippen molar-refractivity contribution in [1.29, 1.82) is 0 Å². The molecule has 0 aliphatic heterocycles. The Labute approximate surface area is 102 Å². The lowest BCUT2D eigenvalue weighted by Crippen LogP contribution is -2.43. The van der Waals surface area contributed by atoms with E-state index in [0.29, 0.717) is 0 Å². The van der Waals surface area contributed by atoms with Gasteiger partial charge >= 0.3 is 19.6 Å². The number of nitrogens with one attached hydrogen (secondary N) is 1. The first kappa shape index (κ1) is 19.8. The molecule has 0 atom stereocenters. The highest BCUT2D eigenvalue weighted by atomic mass is 19.4. The number of halogens is 5. The molecule has 0 aromatic heterocycles. The molecule has 0 radical (unpaired) electrons. The number of hydrogen-bond donors (Lipinski definition) is 3. The second kappa shape index (κ2) is 8.59. The van der Waals surface area contributed by atoms with Crippen molar-refractivity contribution in [1.82, 2.24) is 10.4 Å². The topological polar surface area (TPSA) is 65.0 Å². The highest BCUT2D eigenvalue weighted by Crippen LogP contribution is 2.36. The number of rotatable bonds is 5. The van der Waals surface area contributed by atoms with Gasteiger partial charge in [-0.3, -0.25) is 5.43 Å². The van der Waals surface area contributed by atoms with Gasteiger partial charge < -0.3 is 14.7 Å². The van der Waals surface area contributed by atoms with Gasteiger partial charge in [-0.2, -0.15) is 22.0 Å². The number of nitrogens with zero attached hydrogens (tertiary/aromatic N) is 1. The highest BCUT2D eigenvalue weighted by Gasteiger charge is 2.60. The Morgan fingerprint density at radius 2 is 1.50 bits per heavy atom. The molecule has 0 rings (SSSR count). The van der Waals surface area contributed by atoms with Crippen molar-refractivity contribution in [2.75, 3.05) is 20.1 Å². The van der Waals surface area contributed by atoms with E-state index < -0.39 is 19.6 Å².